The Morgan fingerprint density at radius 2 is 2.21 bits per heavy atom. The Morgan fingerprint density at radius 1 is 1.37 bits per heavy atom. The number of benzene rings is 1. The summed E-state index contributed by atoms with van der Waals surface area (Å²) in [4.78, 5) is 3.09. The Labute approximate surface area is 126 Å². The van der Waals surface area contributed by atoms with Crippen molar-refractivity contribution in [1.82, 2.24) is 24.5 Å². The summed E-state index contributed by atoms with van der Waals surface area (Å²) in [7, 11) is 0. The molecule has 1 N–H and O–H groups in total. The largest absolute Gasteiger partial charge is 0.331 e. The molecule has 0 bridgehead atoms. The number of fused-ring (bicyclic) bond motifs is 1. The zero-order valence-electron chi connectivity index (χ0n) is 9.68. The van der Waals surface area contributed by atoms with Gasteiger partial charge in [0.05, 0.1) is 27.3 Å². The minimum Gasteiger partial charge on any atom is -0.331 e. The second-order valence-electron chi connectivity index (χ2n) is 4.03. The summed E-state index contributed by atoms with van der Waals surface area (Å²) in [5, 5.41) is 7.63. The number of aromatic amines is 1. The molecule has 98 valence electrons. The molecular weight excluding hydrogens is 380 g/mol. The van der Waals surface area contributed by atoms with E-state index in [-0.39, 0.29) is 5.82 Å². The Balaban J connectivity index is 2.00. The molecule has 0 saturated carbocycles. The van der Waals surface area contributed by atoms with Crippen molar-refractivity contribution in [2.75, 3.05) is 0 Å². The first-order chi connectivity index (χ1) is 9.15. The Morgan fingerprint density at radius 3 is 2.95 bits per heavy atom. The fraction of sp³-hybridized carbons (Fsp3) is 0.182. The van der Waals surface area contributed by atoms with Crippen LogP contribution >= 0.6 is 34.8 Å². The van der Waals surface area contributed by atoms with Crippen molar-refractivity contribution in [2.45, 2.75) is 13.1 Å². The van der Waals surface area contributed by atoms with Crippen molar-refractivity contribution in [1.29, 1.82) is 0 Å². The molecule has 0 spiro atoms. The van der Waals surface area contributed by atoms with E-state index in [4.69, 9.17) is 12.2 Å². The summed E-state index contributed by atoms with van der Waals surface area (Å²) in [5.41, 5.74) is 1.61. The minimum absolute atomic E-state index is 0.239. The highest BCUT2D eigenvalue weighted by atomic mass is 127. The number of rotatable bonds is 3. The molecule has 0 atom stereocenters. The zero-order chi connectivity index (χ0) is 13.4. The SMILES string of the molecule is Fc1cc2c(cc1I)[nH]c(=S)n2CCn1ccnn1. The van der Waals surface area contributed by atoms with Crippen molar-refractivity contribution in [3.05, 3.63) is 38.7 Å². The van der Waals surface area contributed by atoms with E-state index in [0.29, 0.717) is 21.4 Å². The topological polar surface area (TPSA) is 51.4 Å². The standard InChI is InChI=1S/C11H9FIN5S/c12-7-5-10-9(6-8(7)13)15-11(19)18(10)4-3-17-2-1-14-16-17/h1-2,5-6H,3-4H2,(H,15,19). The molecule has 1 aromatic carbocycles. The normalized spacial score (nSPS) is 11.3. The van der Waals surface area contributed by atoms with Gasteiger partial charge in [-0.1, -0.05) is 5.21 Å². The van der Waals surface area contributed by atoms with Crippen molar-refractivity contribution in [3.8, 4) is 0 Å². The number of H-pyrrole nitrogens is 1. The maximum Gasteiger partial charge on any atom is 0.178 e. The Hall–Kier alpha value is -1.29. The Kier molecular flexibility index (Phi) is 3.35. The predicted octanol–water partition coefficient (Wildman–Crippen LogP) is 2.73. The lowest BCUT2D eigenvalue weighted by molar-refractivity contribution is 0.522. The zero-order valence-corrected chi connectivity index (χ0v) is 12.7. The summed E-state index contributed by atoms with van der Waals surface area (Å²) in [6.45, 7) is 1.25. The van der Waals surface area contributed by atoms with Gasteiger partial charge in [0.2, 0.25) is 0 Å². The van der Waals surface area contributed by atoms with Crippen LogP contribution in [0.15, 0.2) is 24.5 Å². The van der Waals surface area contributed by atoms with Crippen LogP contribution in [-0.2, 0) is 13.1 Å². The summed E-state index contributed by atoms with van der Waals surface area (Å²) >= 11 is 7.23. The van der Waals surface area contributed by atoms with Gasteiger partial charge in [-0.05, 0) is 40.9 Å². The molecule has 2 heterocycles. The monoisotopic (exact) mass is 389 g/mol. The van der Waals surface area contributed by atoms with Gasteiger partial charge in [0.1, 0.15) is 5.82 Å². The number of aromatic nitrogens is 5. The molecule has 19 heavy (non-hydrogen) atoms. The lowest BCUT2D eigenvalue weighted by atomic mass is 10.3. The molecule has 3 aromatic rings. The summed E-state index contributed by atoms with van der Waals surface area (Å²) in [6.07, 6.45) is 3.40. The molecule has 0 amide bonds. The average molecular weight is 389 g/mol. The van der Waals surface area contributed by atoms with Crippen molar-refractivity contribution in [2.24, 2.45) is 0 Å². The van der Waals surface area contributed by atoms with Gasteiger partial charge in [-0.3, -0.25) is 4.68 Å². The smallest absolute Gasteiger partial charge is 0.178 e. The third kappa shape index (κ3) is 2.41. The van der Waals surface area contributed by atoms with E-state index in [0.717, 1.165) is 11.0 Å². The van der Waals surface area contributed by atoms with E-state index < -0.39 is 0 Å². The van der Waals surface area contributed by atoms with Gasteiger partial charge in [-0.2, -0.15) is 0 Å². The molecule has 3 rings (SSSR count). The fourth-order valence-corrected chi connectivity index (χ4v) is 2.69. The average Bonchev–Trinajstić information content (AvgIpc) is 2.96. The van der Waals surface area contributed by atoms with Crippen LogP contribution < -0.4 is 0 Å². The van der Waals surface area contributed by atoms with Crippen LogP contribution in [0.25, 0.3) is 11.0 Å². The van der Waals surface area contributed by atoms with Crippen LogP contribution in [0.4, 0.5) is 4.39 Å². The number of imidazole rings is 1. The van der Waals surface area contributed by atoms with Gasteiger partial charge in [0.25, 0.3) is 0 Å². The van der Waals surface area contributed by atoms with Crippen LogP contribution in [0.5, 0.6) is 0 Å². The summed E-state index contributed by atoms with van der Waals surface area (Å²) in [6, 6.07) is 3.26. The molecule has 0 radical (unpaired) electrons. The van der Waals surface area contributed by atoms with E-state index in [9.17, 15) is 4.39 Å². The molecule has 5 nitrogen and oxygen atoms in total. The van der Waals surface area contributed by atoms with Crippen LogP contribution in [0.3, 0.4) is 0 Å². The van der Waals surface area contributed by atoms with Crippen molar-refractivity contribution < 1.29 is 4.39 Å². The maximum absolute atomic E-state index is 13.7. The lowest BCUT2D eigenvalue weighted by Gasteiger charge is -2.04. The molecule has 0 saturated heterocycles. The highest BCUT2D eigenvalue weighted by Gasteiger charge is 2.08. The number of halogens is 2. The first-order valence-electron chi connectivity index (χ1n) is 5.57. The molecule has 0 aliphatic carbocycles. The summed E-state index contributed by atoms with van der Waals surface area (Å²) < 4.78 is 18.4. The third-order valence-electron chi connectivity index (χ3n) is 2.84. The van der Waals surface area contributed by atoms with Crippen molar-refractivity contribution in [3.63, 3.8) is 0 Å². The van der Waals surface area contributed by atoms with Gasteiger partial charge in [0.15, 0.2) is 4.77 Å². The van der Waals surface area contributed by atoms with Crippen LogP contribution in [0.1, 0.15) is 0 Å². The summed E-state index contributed by atoms with van der Waals surface area (Å²) in [5.74, 6) is -0.239. The molecule has 0 aliphatic rings. The highest BCUT2D eigenvalue weighted by Crippen LogP contribution is 2.20. The molecular formula is C11H9FIN5S. The second kappa shape index (κ2) is 5.00. The third-order valence-corrected chi connectivity index (χ3v) is 3.99. The van der Waals surface area contributed by atoms with E-state index in [2.05, 4.69) is 15.3 Å². The van der Waals surface area contributed by atoms with Gasteiger partial charge < -0.3 is 9.55 Å². The molecule has 8 heteroatoms. The van der Waals surface area contributed by atoms with Crippen LogP contribution in [0.2, 0.25) is 0 Å². The molecule has 0 fully saturated rings. The van der Waals surface area contributed by atoms with E-state index in [1.165, 1.54) is 6.07 Å². The quantitative estimate of drug-likeness (QED) is 0.554. The van der Waals surface area contributed by atoms with Gasteiger partial charge in [0, 0.05) is 18.8 Å². The Bertz CT molecular complexity index is 776. The first-order valence-corrected chi connectivity index (χ1v) is 7.05. The molecule has 0 aliphatic heterocycles. The van der Waals surface area contributed by atoms with Crippen molar-refractivity contribution >= 4 is 45.8 Å². The number of nitrogens with zero attached hydrogens (tertiary/aromatic N) is 4. The highest BCUT2D eigenvalue weighted by molar-refractivity contribution is 14.1. The van der Waals surface area contributed by atoms with Crippen LogP contribution in [-0.4, -0.2) is 24.5 Å². The minimum atomic E-state index is -0.239. The lowest BCUT2D eigenvalue weighted by Crippen LogP contribution is -2.08. The number of hydrogen-bond acceptors (Lipinski definition) is 3. The number of hydrogen-bond donors (Lipinski definition) is 1. The van der Waals surface area contributed by atoms with Gasteiger partial charge >= 0.3 is 0 Å². The van der Waals surface area contributed by atoms with E-state index in [1.807, 2.05) is 27.2 Å². The molecule has 0 unspecified atom stereocenters. The van der Waals surface area contributed by atoms with E-state index in [1.54, 1.807) is 23.1 Å². The van der Waals surface area contributed by atoms with Crippen LogP contribution in [0, 0.1) is 14.2 Å². The number of aryl methyl sites for hydroxylation is 2. The van der Waals surface area contributed by atoms with Gasteiger partial charge in [-0.15, -0.1) is 5.10 Å². The number of nitrogens with one attached hydrogen (secondary N) is 1. The predicted molar refractivity (Wildman–Crippen MR) is 79.8 cm³/mol. The maximum atomic E-state index is 13.7. The molecule has 2 aromatic heterocycles. The fourth-order valence-electron chi connectivity index (χ4n) is 1.93. The first kappa shape index (κ1) is 12.7. The van der Waals surface area contributed by atoms with Gasteiger partial charge in [-0.25, -0.2) is 4.39 Å². The second-order valence-corrected chi connectivity index (χ2v) is 5.58. The van der Waals surface area contributed by atoms with E-state index >= 15 is 0 Å².